The van der Waals surface area contributed by atoms with Gasteiger partial charge in [0.25, 0.3) is 0 Å². The molecule has 11 nitrogen and oxygen atoms in total. The van der Waals surface area contributed by atoms with Crippen LogP contribution in [0.2, 0.25) is 0 Å². The zero-order valence-electron chi connectivity index (χ0n) is 22.7. The lowest BCUT2D eigenvalue weighted by atomic mass is 10.2. The maximum absolute atomic E-state index is 12.7. The van der Waals surface area contributed by atoms with E-state index < -0.39 is 11.7 Å². The minimum Gasteiger partial charge on any atom is -0.508 e. The number of nitriles is 1. The fourth-order valence-corrected chi connectivity index (χ4v) is 4.10. The molecule has 1 fully saturated rings. The van der Waals surface area contributed by atoms with Crippen LogP contribution in [0.15, 0.2) is 48.7 Å². The largest absolute Gasteiger partial charge is 0.508 e. The van der Waals surface area contributed by atoms with Gasteiger partial charge in [-0.1, -0.05) is 6.92 Å². The molecule has 0 saturated carbocycles. The van der Waals surface area contributed by atoms with E-state index >= 15 is 0 Å². The van der Waals surface area contributed by atoms with Crippen LogP contribution >= 0.6 is 0 Å². The maximum Gasteiger partial charge on any atom is 0.412 e. The van der Waals surface area contributed by atoms with Gasteiger partial charge < -0.3 is 30.3 Å². The molecule has 2 heterocycles. The van der Waals surface area contributed by atoms with Crippen LogP contribution in [-0.2, 0) is 4.74 Å². The van der Waals surface area contributed by atoms with E-state index in [2.05, 4.69) is 48.7 Å². The summed E-state index contributed by atoms with van der Waals surface area (Å²) in [5, 5.41) is 28.2. The summed E-state index contributed by atoms with van der Waals surface area (Å²) in [6.45, 7) is 12.3. The third kappa shape index (κ3) is 7.49. The van der Waals surface area contributed by atoms with Crippen molar-refractivity contribution in [2.45, 2.75) is 33.3 Å². The number of nitrogens with zero attached hydrogens (tertiary/aromatic N) is 5. The Hall–Kier alpha value is -4.56. The molecule has 0 atom stereocenters. The Balaban J connectivity index is 1.61. The molecule has 0 bridgehead atoms. The lowest BCUT2D eigenvalue weighted by Crippen LogP contribution is -2.46. The number of ether oxygens (including phenoxy) is 1. The Kier molecular flexibility index (Phi) is 8.36. The topological polar surface area (TPSA) is 139 Å². The van der Waals surface area contributed by atoms with Crippen LogP contribution in [0.5, 0.6) is 5.75 Å². The van der Waals surface area contributed by atoms with E-state index in [4.69, 9.17) is 4.74 Å². The molecule has 0 unspecified atom stereocenters. The predicted octanol–water partition coefficient (Wildman–Crippen LogP) is 5.03. The zero-order valence-corrected chi connectivity index (χ0v) is 22.7. The molecule has 4 N–H and O–H groups in total. The van der Waals surface area contributed by atoms with Crippen LogP contribution in [0.3, 0.4) is 0 Å². The number of hydrogen-bond donors (Lipinski definition) is 4. The molecule has 4 rings (SSSR count). The molecular weight excluding hydrogens is 496 g/mol. The molecule has 1 aliphatic heterocycles. The van der Waals surface area contributed by atoms with E-state index in [9.17, 15) is 15.2 Å². The number of carbonyl (C=O) groups is 1. The number of rotatable bonds is 7. The Morgan fingerprint density at radius 2 is 1.79 bits per heavy atom. The van der Waals surface area contributed by atoms with Gasteiger partial charge >= 0.3 is 6.09 Å². The second-order valence-electron chi connectivity index (χ2n) is 10.1. The van der Waals surface area contributed by atoms with Crippen molar-refractivity contribution in [3.63, 3.8) is 0 Å². The Labute approximate surface area is 228 Å². The zero-order chi connectivity index (χ0) is 28.0. The first-order chi connectivity index (χ1) is 18.6. The van der Waals surface area contributed by atoms with Crippen molar-refractivity contribution in [3.05, 3.63) is 54.2 Å². The fourth-order valence-electron chi connectivity index (χ4n) is 4.10. The van der Waals surface area contributed by atoms with Crippen LogP contribution in [0, 0.1) is 11.3 Å². The van der Waals surface area contributed by atoms with Crippen LogP contribution in [0.25, 0.3) is 0 Å². The Morgan fingerprint density at radius 3 is 2.44 bits per heavy atom. The quantitative estimate of drug-likeness (QED) is 0.308. The van der Waals surface area contributed by atoms with Crippen molar-refractivity contribution in [1.82, 2.24) is 14.9 Å². The van der Waals surface area contributed by atoms with E-state index in [1.807, 2.05) is 39.0 Å². The molecule has 0 spiro atoms. The predicted molar refractivity (Wildman–Crippen MR) is 152 cm³/mol. The van der Waals surface area contributed by atoms with E-state index in [1.54, 1.807) is 12.1 Å². The minimum absolute atomic E-state index is 0.131. The molecule has 1 saturated heterocycles. The molecule has 3 aromatic rings. The summed E-state index contributed by atoms with van der Waals surface area (Å²) < 4.78 is 5.49. The number of carbonyl (C=O) groups excluding carboxylic acids is 1. The van der Waals surface area contributed by atoms with Gasteiger partial charge in [-0.05, 0) is 69.8 Å². The first-order valence-electron chi connectivity index (χ1n) is 12.8. The standard InChI is InChI=1S/C28H34N8O3/c1-5-35-12-14-36(15-13-35)21-8-11-23(24(16-21)33-27(38)39-28(2,3)4)32-26-30-18-19(17-29)25(34-26)31-20-6-9-22(37)10-7-20/h6-11,16,18,37H,5,12-15H2,1-4H3,(H,33,38)(H2,30,31,32,34). The molecular formula is C28H34N8O3. The molecule has 39 heavy (non-hydrogen) atoms. The van der Waals surface area contributed by atoms with Crippen LogP contribution in [-0.4, -0.2) is 64.4 Å². The number of aromatic nitrogens is 2. The first kappa shape index (κ1) is 27.5. The molecule has 1 amide bonds. The highest BCUT2D eigenvalue weighted by atomic mass is 16.6. The molecule has 1 aromatic heterocycles. The monoisotopic (exact) mass is 530 g/mol. The first-order valence-corrected chi connectivity index (χ1v) is 12.8. The summed E-state index contributed by atoms with van der Waals surface area (Å²) in [7, 11) is 0. The number of nitrogens with one attached hydrogen (secondary N) is 3. The lowest BCUT2D eigenvalue weighted by molar-refractivity contribution is 0.0636. The number of aromatic hydroxyl groups is 1. The highest BCUT2D eigenvalue weighted by Crippen LogP contribution is 2.31. The summed E-state index contributed by atoms with van der Waals surface area (Å²) in [6.07, 6.45) is 0.842. The van der Waals surface area contributed by atoms with Crippen molar-refractivity contribution in [2.75, 3.05) is 53.6 Å². The number of amides is 1. The summed E-state index contributed by atoms with van der Waals surface area (Å²) in [6, 6.07) is 14.3. The van der Waals surface area contributed by atoms with Crippen LogP contribution in [0.1, 0.15) is 33.3 Å². The molecule has 2 aromatic carbocycles. The van der Waals surface area contributed by atoms with Gasteiger partial charge in [0.15, 0.2) is 5.82 Å². The van der Waals surface area contributed by atoms with E-state index in [0.29, 0.717) is 22.9 Å². The maximum atomic E-state index is 12.7. The number of phenols is 1. The summed E-state index contributed by atoms with van der Waals surface area (Å²) in [4.78, 5) is 26.2. The van der Waals surface area contributed by atoms with Gasteiger partial charge in [0.1, 0.15) is 23.0 Å². The van der Waals surface area contributed by atoms with Crippen LogP contribution in [0.4, 0.5) is 39.3 Å². The van der Waals surface area contributed by atoms with Gasteiger partial charge in [0.05, 0.1) is 17.6 Å². The normalized spacial score (nSPS) is 13.9. The average Bonchev–Trinajstić information content (AvgIpc) is 2.90. The summed E-state index contributed by atoms with van der Waals surface area (Å²) in [5.41, 5.74) is 2.31. The number of hydrogen-bond acceptors (Lipinski definition) is 10. The lowest BCUT2D eigenvalue weighted by Gasteiger charge is -2.35. The smallest absolute Gasteiger partial charge is 0.412 e. The molecule has 0 radical (unpaired) electrons. The third-order valence-corrected chi connectivity index (χ3v) is 6.11. The fraction of sp³-hybridized carbons (Fsp3) is 0.357. The van der Waals surface area contributed by atoms with Gasteiger partial charge in [0.2, 0.25) is 5.95 Å². The van der Waals surface area contributed by atoms with Crippen molar-refractivity contribution in [3.8, 4) is 11.8 Å². The second-order valence-corrected chi connectivity index (χ2v) is 10.1. The summed E-state index contributed by atoms with van der Waals surface area (Å²) in [5.74, 6) is 0.659. The second kappa shape index (κ2) is 11.9. The van der Waals surface area contributed by atoms with Crippen LogP contribution < -0.4 is 20.9 Å². The van der Waals surface area contributed by atoms with Crippen molar-refractivity contribution < 1.29 is 14.6 Å². The molecule has 204 valence electrons. The van der Waals surface area contributed by atoms with E-state index in [0.717, 1.165) is 38.4 Å². The minimum atomic E-state index is -0.656. The number of phenolic OH excluding ortho intramolecular Hbond substituents is 1. The van der Waals surface area contributed by atoms with Crippen molar-refractivity contribution in [2.24, 2.45) is 0 Å². The average molecular weight is 531 g/mol. The highest BCUT2D eigenvalue weighted by Gasteiger charge is 2.21. The Morgan fingerprint density at radius 1 is 1.08 bits per heavy atom. The highest BCUT2D eigenvalue weighted by molar-refractivity contribution is 5.92. The number of piperazine rings is 1. The molecule has 11 heteroatoms. The summed E-state index contributed by atoms with van der Waals surface area (Å²) >= 11 is 0. The third-order valence-electron chi connectivity index (χ3n) is 6.11. The van der Waals surface area contributed by atoms with Gasteiger partial charge in [-0.15, -0.1) is 0 Å². The van der Waals surface area contributed by atoms with Gasteiger partial charge in [-0.25, -0.2) is 9.78 Å². The van der Waals surface area contributed by atoms with E-state index in [-0.39, 0.29) is 17.3 Å². The van der Waals surface area contributed by atoms with Gasteiger partial charge in [-0.3, -0.25) is 5.32 Å². The molecule has 1 aliphatic rings. The Bertz CT molecular complexity index is 1340. The van der Waals surface area contributed by atoms with Crippen molar-refractivity contribution >= 4 is 40.6 Å². The number of benzene rings is 2. The number of anilines is 6. The molecule has 0 aliphatic carbocycles. The SMILES string of the molecule is CCN1CCN(c2ccc(Nc3ncc(C#N)c(Nc4ccc(O)cc4)n3)c(NC(=O)OC(C)(C)C)c2)CC1. The van der Waals surface area contributed by atoms with E-state index in [1.165, 1.54) is 18.3 Å². The van der Waals surface area contributed by atoms with Gasteiger partial charge in [-0.2, -0.15) is 10.2 Å². The number of likely N-dealkylation sites (N-methyl/N-ethyl adjacent to an activating group) is 1. The van der Waals surface area contributed by atoms with Crippen molar-refractivity contribution in [1.29, 1.82) is 5.26 Å². The van der Waals surface area contributed by atoms with Gasteiger partial charge in [0, 0.05) is 37.6 Å².